The first-order valence-electron chi connectivity index (χ1n) is 9.11. The lowest BCUT2D eigenvalue weighted by Gasteiger charge is -2.36. The van der Waals surface area contributed by atoms with Crippen LogP contribution in [-0.4, -0.2) is 42.0 Å². The molecule has 2 N–H and O–H groups in total. The van der Waals surface area contributed by atoms with Gasteiger partial charge in [0.15, 0.2) is 5.78 Å². The van der Waals surface area contributed by atoms with E-state index in [0.29, 0.717) is 12.3 Å². The normalized spacial score (nSPS) is 17.2. The highest BCUT2D eigenvalue weighted by Gasteiger charge is 2.43. The summed E-state index contributed by atoms with van der Waals surface area (Å²) < 4.78 is 5.41. The number of hydrogen-bond donors (Lipinski definition) is 2. The summed E-state index contributed by atoms with van der Waals surface area (Å²) >= 11 is 0. The van der Waals surface area contributed by atoms with Gasteiger partial charge in [-0.25, -0.2) is 0 Å². The predicted molar refractivity (Wildman–Crippen MR) is 99.1 cm³/mol. The van der Waals surface area contributed by atoms with Crippen LogP contribution in [-0.2, 0) is 14.3 Å². The second kappa shape index (κ2) is 9.52. The van der Waals surface area contributed by atoms with Crippen molar-refractivity contribution in [2.24, 2.45) is 5.92 Å². The van der Waals surface area contributed by atoms with Crippen molar-refractivity contribution in [1.29, 1.82) is 0 Å². The molecule has 3 atom stereocenters. The number of nitrogens with one attached hydrogen (secondary N) is 2. The summed E-state index contributed by atoms with van der Waals surface area (Å²) in [5.74, 6) is 0.146. The lowest BCUT2D eigenvalue weighted by molar-refractivity contribution is -0.147. The summed E-state index contributed by atoms with van der Waals surface area (Å²) in [6, 6.07) is -0.0550. The highest BCUT2D eigenvalue weighted by atomic mass is 16.5. The van der Waals surface area contributed by atoms with E-state index in [2.05, 4.69) is 38.3 Å². The van der Waals surface area contributed by atoms with Gasteiger partial charge in [-0.05, 0) is 52.9 Å². The van der Waals surface area contributed by atoms with Crippen LogP contribution in [0.25, 0.3) is 0 Å². The number of carbonyl (C=O) groups is 2. The molecule has 0 saturated carbocycles. The third kappa shape index (κ3) is 6.52. The Morgan fingerprint density at radius 2 is 1.62 bits per heavy atom. The van der Waals surface area contributed by atoms with Gasteiger partial charge in [-0.2, -0.15) is 0 Å². The zero-order valence-corrected chi connectivity index (χ0v) is 17.1. The average molecular weight is 343 g/mol. The van der Waals surface area contributed by atoms with E-state index in [-0.39, 0.29) is 23.8 Å². The second-order valence-electron chi connectivity index (χ2n) is 7.89. The summed E-state index contributed by atoms with van der Waals surface area (Å²) in [4.78, 5) is 25.6. The largest absolute Gasteiger partial charge is 0.371 e. The van der Waals surface area contributed by atoms with Gasteiger partial charge >= 0.3 is 0 Å². The van der Waals surface area contributed by atoms with E-state index in [1.807, 2.05) is 6.92 Å². The van der Waals surface area contributed by atoms with E-state index in [9.17, 15) is 9.59 Å². The molecule has 5 nitrogen and oxygen atoms in total. The molecular weight excluding hydrogens is 304 g/mol. The Balaban J connectivity index is 5.21. The SMILES string of the molecule is CCC(C)NC(CC(C)C)C(=O)NC(C)(C)C(=O)[C@](C)(CC)OC. The second-order valence-corrected chi connectivity index (χ2v) is 7.89. The van der Waals surface area contributed by atoms with E-state index in [1.165, 1.54) is 7.11 Å². The fourth-order valence-corrected chi connectivity index (χ4v) is 2.69. The molecular formula is C19H38N2O3. The highest BCUT2D eigenvalue weighted by Crippen LogP contribution is 2.23. The first-order valence-corrected chi connectivity index (χ1v) is 9.11. The summed E-state index contributed by atoms with van der Waals surface area (Å²) in [5, 5.41) is 6.31. The fraction of sp³-hybridized carbons (Fsp3) is 0.895. The van der Waals surface area contributed by atoms with Crippen LogP contribution in [0.2, 0.25) is 0 Å². The molecule has 0 radical (unpaired) electrons. The van der Waals surface area contributed by atoms with E-state index >= 15 is 0 Å². The van der Waals surface area contributed by atoms with Crippen molar-refractivity contribution < 1.29 is 14.3 Å². The maximum Gasteiger partial charge on any atom is 0.237 e. The van der Waals surface area contributed by atoms with Crippen molar-refractivity contribution in [2.75, 3.05) is 7.11 Å². The van der Waals surface area contributed by atoms with Crippen LogP contribution in [0.5, 0.6) is 0 Å². The van der Waals surface area contributed by atoms with Crippen LogP contribution < -0.4 is 10.6 Å². The summed E-state index contributed by atoms with van der Waals surface area (Å²) in [5.41, 5.74) is -1.88. The number of amides is 1. The molecule has 2 unspecified atom stereocenters. The molecule has 0 spiro atoms. The summed E-state index contributed by atoms with van der Waals surface area (Å²) in [6.45, 7) is 15.5. The number of methoxy groups -OCH3 is 1. The molecule has 0 aromatic heterocycles. The van der Waals surface area contributed by atoms with Crippen LogP contribution in [0, 0.1) is 5.92 Å². The van der Waals surface area contributed by atoms with Crippen molar-refractivity contribution >= 4 is 11.7 Å². The first kappa shape index (κ1) is 23.1. The Kier molecular flexibility index (Phi) is 9.15. The first-order chi connectivity index (χ1) is 10.9. The lowest BCUT2D eigenvalue weighted by Crippen LogP contribution is -2.61. The molecule has 0 aromatic rings. The summed E-state index contributed by atoms with van der Waals surface area (Å²) in [6.07, 6.45) is 2.24. The van der Waals surface area contributed by atoms with E-state index in [4.69, 9.17) is 4.74 Å². The Labute approximate surface area is 148 Å². The molecule has 0 aromatic carbocycles. The fourth-order valence-electron chi connectivity index (χ4n) is 2.69. The Morgan fingerprint density at radius 3 is 2.00 bits per heavy atom. The van der Waals surface area contributed by atoms with Gasteiger partial charge in [-0.15, -0.1) is 0 Å². The van der Waals surface area contributed by atoms with Crippen molar-refractivity contribution in [2.45, 2.75) is 97.9 Å². The van der Waals surface area contributed by atoms with E-state index in [1.54, 1.807) is 20.8 Å². The van der Waals surface area contributed by atoms with Gasteiger partial charge in [0.1, 0.15) is 5.60 Å². The van der Waals surface area contributed by atoms with E-state index in [0.717, 1.165) is 12.8 Å². The molecule has 0 aliphatic rings. The van der Waals surface area contributed by atoms with Crippen LogP contribution in [0.4, 0.5) is 0 Å². The Bertz CT molecular complexity index is 415. The van der Waals surface area contributed by atoms with Gasteiger partial charge in [0.05, 0.1) is 11.6 Å². The number of Topliss-reactive ketones (excluding diaryl/α,β-unsaturated/α-hetero) is 1. The van der Waals surface area contributed by atoms with E-state index < -0.39 is 11.1 Å². The highest BCUT2D eigenvalue weighted by molar-refractivity contribution is 5.98. The zero-order valence-electron chi connectivity index (χ0n) is 17.1. The van der Waals surface area contributed by atoms with Crippen molar-refractivity contribution in [1.82, 2.24) is 10.6 Å². The number of hydrogen-bond acceptors (Lipinski definition) is 4. The number of rotatable bonds is 11. The molecule has 0 bridgehead atoms. The molecule has 0 heterocycles. The van der Waals surface area contributed by atoms with Crippen LogP contribution in [0.15, 0.2) is 0 Å². The maximum absolute atomic E-state index is 12.8. The molecule has 0 aliphatic carbocycles. The van der Waals surface area contributed by atoms with Gasteiger partial charge in [-0.3, -0.25) is 9.59 Å². The predicted octanol–water partition coefficient (Wildman–Crippen LogP) is 3.07. The summed E-state index contributed by atoms with van der Waals surface area (Å²) in [7, 11) is 1.53. The number of carbonyl (C=O) groups excluding carboxylic acids is 2. The monoisotopic (exact) mass is 342 g/mol. The maximum atomic E-state index is 12.8. The van der Waals surface area contributed by atoms with Crippen LogP contribution in [0.3, 0.4) is 0 Å². The molecule has 5 heteroatoms. The quantitative estimate of drug-likeness (QED) is 0.605. The van der Waals surface area contributed by atoms with Gasteiger partial charge in [-0.1, -0.05) is 27.7 Å². The molecule has 0 fully saturated rings. The average Bonchev–Trinajstić information content (AvgIpc) is 2.51. The Morgan fingerprint density at radius 1 is 1.08 bits per heavy atom. The molecule has 0 aliphatic heterocycles. The molecule has 1 amide bonds. The molecule has 24 heavy (non-hydrogen) atoms. The topological polar surface area (TPSA) is 67.4 Å². The van der Waals surface area contributed by atoms with Crippen molar-refractivity contribution in [3.05, 3.63) is 0 Å². The third-order valence-electron chi connectivity index (χ3n) is 4.73. The van der Waals surface area contributed by atoms with Crippen LogP contribution in [0.1, 0.15) is 74.7 Å². The molecule has 0 saturated heterocycles. The van der Waals surface area contributed by atoms with Crippen molar-refractivity contribution in [3.8, 4) is 0 Å². The minimum absolute atomic E-state index is 0.111. The van der Waals surface area contributed by atoms with Gasteiger partial charge in [0.2, 0.25) is 5.91 Å². The third-order valence-corrected chi connectivity index (χ3v) is 4.73. The minimum Gasteiger partial charge on any atom is -0.371 e. The van der Waals surface area contributed by atoms with Gasteiger partial charge in [0, 0.05) is 13.2 Å². The smallest absolute Gasteiger partial charge is 0.237 e. The Hall–Kier alpha value is -0.940. The van der Waals surface area contributed by atoms with Gasteiger partial charge in [0.25, 0.3) is 0 Å². The molecule has 142 valence electrons. The lowest BCUT2D eigenvalue weighted by atomic mass is 9.84. The number of ether oxygens (including phenoxy) is 1. The standard InChI is InChI=1S/C19H38N2O3/c1-10-14(5)20-15(12-13(3)4)16(22)21-18(6,7)17(23)19(8,11-2)24-9/h13-15,20H,10-12H2,1-9H3,(H,21,22)/t14?,15?,19-/m0/s1. The van der Waals surface area contributed by atoms with Crippen molar-refractivity contribution in [3.63, 3.8) is 0 Å². The minimum atomic E-state index is -0.982. The van der Waals surface area contributed by atoms with Gasteiger partial charge < -0.3 is 15.4 Å². The van der Waals surface area contributed by atoms with Crippen LogP contribution >= 0.6 is 0 Å². The molecule has 0 rings (SSSR count). The number of ketones is 1. The zero-order chi connectivity index (χ0) is 19.1.